The molecule has 0 spiro atoms. The number of hydrogen-bond acceptors (Lipinski definition) is 3. The number of halogens is 1. The summed E-state index contributed by atoms with van der Waals surface area (Å²) in [5.74, 6) is 0.744. The lowest BCUT2D eigenvalue weighted by molar-refractivity contribution is -0.897. The van der Waals surface area contributed by atoms with Crippen LogP contribution in [-0.4, -0.2) is 37.8 Å². The van der Waals surface area contributed by atoms with Crippen molar-refractivity contribution in [3.63, 3.8) is 0 Å². The van der Waals surface area contributed by atoms with E-state index in [2.05, 4.69) is 7.05 Å². The molecule has 0 amide bonds. The lowest BCUT2D eigenvalue weighted by atomic mass is 10.2. The number of hydrogen-bond donors (Lipinski definition) is 2. The summed E-state index contributed by atoms with van der Waals surface area (Å²) >= 11 is 0. The molecule has 0 radical (unpaired) electrons. The molecule has 1 fully saturated rings. The Morgan fingerprint density at radius 1 is 1.21 bits per heavy atom. The lowest BCUT2D eigenvalue weighted by Gasteiger charge is -2.29. The molecule has 19 heavy (non-hydrogen) atoms. The molecule has 1 aromatic carbocycles. The standard InChI is InChI=1S/C14H24N3O.ClH/c1-17(7-2-3-8-17)9-4-10-18-14-6-5-12(15)11-13(14)16;/h5-6,11H,2-4,7-10,15-16H2,1H3;1H/q+1;/p-1. The first kappa shape index (κ1) is 15.9. The second-order valence-corrected chi connectivity index (χ2v) is 5.50. The van der Waals surface area contributed by atoms with E-state index in [1.165, 1.54) is 37.0 Å². The predicted octanol–water partition coefficient (Wildman–Crippen LogP) is -1.14. The van der Waals surface area contributed by atoms with Gasteiger partial charge in [-0.05, 0) is 18.2 Å². The molecule has 0 aliphatic carbocycles. The van der Waals surface area contributed by atoms with E-state index in [0.29, 0.717) is 11.4 Å². The van der Waals surface area contributed by atoms with Gasteiger partial charge in [-0.15, -0.1) is 0 Å². The summed E-state index contributed by atoms with van der Waals surface area (Å²) in [6, 6.07) is 5.40. The fraction of sp³-hybridized carbons (Fsp3) is 0.571. The van der Waals surface area contributed by atoms with E-state index in [4.69, 9.17) is 16.2 Å². The van der Waals surface area contributed by atoms with Gasteiger partial charge in [-0.3, -0.25) is 0 Å². The van der Waals surface area contributed by atoms with Crippen molar-refractivity contribution in [3.05, 3.63) is 18.2 Å². The minimum Gasteiger partial charge on any atom is -1.00 e. The molecule has 0 aromatic heterocycles. The minimum absolute atomic E-state index is 0. The fourth-order valence-electron chi connectivity index (χ4n) is 2.65. The Morgan fingerprint density at radius 3 is 2.53 bits per heavy atom. The van der Waals surface area contributed by atoms with Crippen LogP contribution >= 0.6 is 0 Å². The molecule has 108 valence electrons. The molecule has 5 heteroatoms. The Hall–Kier alpha value is -1.13. The number of ether oxygens (including phenoxy) is 1. The highest BCUT2D eigenvalue weighted by Crippen LogP contribution is 2.24. The fourth-order valence-corrected chi connectivity index (χ4v) is 2.65. The third-order valence-electron chi connectivity index (χ3n) is 3.78. The highest BCUT2D eigenvalue weighted by Gasteiger charge is 2.25. The van der Waals surface area contributed by atoms with Crippen LogP contribution < -0.4 is 28.6 Å². The van der Waals surface area contributed by atoms with E-state index in [1.54, 1.807) is 6.07 Å². The average molecular weight is 286 g/mol. The minimum atomic E-state index is 0. The van der Waals surface area contributed by atoms with Gasteiger partial charge in [-0.25, -0.2) is 0 Å². The maximum absolute atomic E-state index is 5.84. The highest BCUT2D eigenvalue weighted by atomic mass is 35.5. The molecule has 1 heterocycles. The molecular weight excluding hydrogens is 262 g/mol. The zero-order chi connectivity index (χ0) is 13.0. The Labute approximate surface area is 121 Å². The first-order valence-electron chi connectivity index (χ1n) is 6.70. The summed E-state index contributed by atoms with van der Waals surface area (Å²) in [4.78, 5) is 0. The number of rotatable bonds is 5. The summed E-state index contributed by atoms with van der Waals surface area (Å²) < 4.78 is 6.90. The molecule has 1 saturated heterocycles. The van der Waals surface area contributed by atoms with Crippen LogP contribution in [0.25, 0.3) is 0 Å². The van der Waals surface area contributed by atoms with Crippen LogP contribution in [-0.2, 0) is 0 Å². The third-order valence-corrected chi connectivity index (χ3v) is 3.78. The maximum atomic E-state index is 5.84. The van der Waals surface area contributed by atoms with Gasteiger partial charge in [0.1, 0.15) is 5.75 Å². The smallest absolute Gasteiger partial charge is 0.142 e. The Kier molecular flexibility index (Phi) is 5.76. The lowest BCUT2D eigenvalue weighted by Crippen LogP contribution is -3.00. The van der Waals surface area contributed by atoms with Gasteiger partial charge in [-0.2, -0.15) is 0 Å². The molecule has 1 aromatic rings. The van der Waals surface area contributed by atoms with Crippen LogP contribution in [0.5, 0.6) is 5.75 Å². The van der Waals surface area contributed by atoms with Crippen molar-refractivity contribution in [1.29, 1.82) is 0 Å². The number of nitrogens with two attached hydrogens (primary N) is 2. The van der Waals surface area contributed by atoms with Gasteiger partial charge in [0.25, 0.3) is 0 Å². The molecule has 2 rings (SSSR count). The number of likely N-dealkylation sites (tertiary alicyclic amines) is 1. The number of nitrogen functional groups attached to an aromatic ring is 2. The van der Waals surface area contributed by atoms with E-state index in [-0.39, 0.29) is 12.4 Å². The van der Waals surface area contributed by atoms with Crippen molar-refractivity contribution in [3.8, 4) is 5.75 Å². The Morgan fingerprint density at radius 2 is 1.89 bits per heavy atom. The van der Waals surface area contributed by atoms with E-state index >= 15 is 0 Å². The zero-order valence-electron chi connectivity index (χ0n) is 11.6. The monoisotopic (exact) mass is 285 g/mol. The van der Waals surface area contributed by atoms with Crippen molar-refractivity contribution in [2.24, 2.45) is 0 Å². The van der Waals surface area contributed by atoms with E-state index in [9.17, 15) is 0 Å². The molecule has 4 nitrogen and oxygen atoms in total. The van der Waals surface area contributed by atoms with Gasteiger partial charge >= 0.3 is 0 Å². The Bertz CT molecular complexity index is 406. The topological polar surface area (TPSA) is 61.3 Å². The quantitative estimate of drug-likeness (QED) is 0.409. The zero-order valence-corrected chi connectivity index (χ0v) is 12.3. The number of quaternary nitrogens is 1. The molecule has 0 unspecified atom stereocenters. The average Bonchev–Trinajstić information content (AvgIpc) is 2.74. The summed E-state index contributed by atoms with van der Waals surface area (Å²) in [5, 5.41) is 0. The first-order valence-corrected chi connectivity index (χ1v) is 6.70. The van der Waals surface area contributed by atoms with Crippen LogP contribution in [0.3, 0.4) is 0 Å². The third kappa shape index (κ3) is 4.48. The number of anilines is 2. The molecule has 0 bridgehead atoms. The van der Waals surface area contributed by atoms with Crippen LogP contribution in [0.4, 0.5) is 11.4 Å². The van der Waals surface area contributed by atoms with Gasteiger partial charge in [0.2, 0.25) is 0 Å². The van der Waals surface area contributed by atoms with Crippen LogP contribution in [0, 0.1) is 0 Å². The summed E-state index contributed by atoms with van der Waals surface area (Å²) in [6.07, 6.45) is 3.80. The van der Waals surface area contributed by atoms with Crippen molar-refractivity contribution >= 4 is 11.4 Å². The summed E-state index contributed by atoms with van der Waals surface area (Å²) in [7, 11) is 2.34. The highest BCUT2D eigenvalue weighted by molar-refractivity contribution is 5.60. The van der Waals surface area contributed by atoms with E-state index in [1.807, 2.05) is 12.1 Å². The summed E-state index contributed by atoms with van der Waals surface area (Å²) in [5.41, 5.74) is 12.8. The van der Waals surface area contributed by atoms with E-state index in [0.717, 1.165) is 18.8 Å². The van der Waals surface area contributed by atoms with Gasteiger partial charge in [0.05, 0.1) is 39.0 Å². The first-order chi connectivity index (χ1) is 8.59. The molecule has 1 aliphatic rings. The van der Waals surface area contributed by atoms with Gasteiger partial charge in [0, 0.05) is 24.9 Å². The normalized spacial score (nSPS) is 16.9. The molecular formula is C14H24ClN3O. The van der Waals surface area contributed by atoms with Crippen molar-refractivity contribution < 1.29 is 21.6 Å². The van der Waals surface area contributed by atoms with Crippen molar-refractivity contribution in [1.82, 2.24) is 0 Å². The maximum Gasteiger partial charge on any atom is 0.142 e. The van der Waals surface area contributed by atoms with E-state index < -0.39 is 0 Å². The second-order valence-electron chi connectivity index (χ2n) is 5.50. The summed E-state index contributed by atoms with van der Waals surface area (Å²) in [6.45, 7) is 4.53. The van der Waals surface area contributed by atoms with Gasteiger partial charge < -0.3 is 33.1 Å². The second kappa shape index (κ2) is 6.87. The van der Waals surface area contributed by atoms with Crippen LogP contribution in [0.15, 0.2) is 18.2 Å². The number of nitrogens with zero attached hydrogens (tertiary/aromatic N) is 1. The number of benzene rings is 1. The van der Waals surface area contributed by atoms with Crippen molar-refractivity contribution in [2.45, 2.75) is 19.3 Å². The van der Waals surface area contributed by atoms with Crippen LogP contribution in [0.1, 0.15) is 19.3 Å². The molecule has 0 atom stereocenters. The molecule has 0 saturated carbocycles. The predicted molar refractivity (Wildman–Crippen MR) is 75.4 cm³/mol. The van der Waals surface area contributed by atoms with Crippen LogP contribution in [0.2, 0.25) is 0 Å². The Balaban J connectivity index is 0.00000180. The van der Waals surface area contributed by atoms with Gasteiger partial charge in [0.15, 0.2) is 0 Å². The SMILES string of the molecule is C[N+]1(CCCOc2ccc(N)cc2N)CCCC1.[Cl-]. The van der Waals surface area contributed by atoms with Crippen molar-refractivity contribution in [2.75, 3.05) is 44.8 Å². The largest absolute Gasteiger partial charge is 1.00 e. The molecule has 1 aliphatic heterocycles. The van der Waals surface area contributed by atoms with Gasteiger partial charge in [-0.1, -0.05) is 0 Å². The molecule has 4 N–H and O–H groups in total.